The Bertz CT molecular complexity index is 1440. The van der Waals surface area contributed by atoms with Gasteiger partial charge in [0.2, 0.25) is 6.79 Å². The summed E-state index contributed by atoms with van der Waals surface area (Å²) in [6, 6.07) is 11.1. The third kappa shape index (κ3) is 3.96. The van der Waals surface area contributed by atoms with Gasteiger partial charge in [0.15, 0.2) is 17.5 Å². The molecule has 0 spiro atoms. The van der Waals surface area contributed by atoms with Crippen LogP contribution in [-0.4, -0.2) is 33.3 Å². The molecule has 36 heavy (non-hydrogen) atoms. The van der Waals surface area contributed by atoms with E-state index in [1.165, 1.54) is 19.3 Å². The number of carbonyl (C=O) groups is 2. The number of hydrogen-bond acceptors (Lipinski definition) is 6. The number of ether oxygens (including phenoxy) is 2. The summed E-state index contributed by atoms with van der Waals surface area (Å²) in [5.74, 6) is 0.134. The number of hydrogen-bond donors (Lipinski definition) is 2. The second-order valence-corrected chi connectivity index (χ2v) is 9.17. The number of amides is 1. The zero-order chi connectivity index (χ0) is 24.6. The van der Waals surface area contributed by atoms with Crippen LogP contribution in [0.2, 0.25) is 0 Å². The minimum absolute atomic E-state index is 0.0806. The highest BCUT2D eigenvalue weighted by atomic mass is 16.7. The molecule has 3 heterocycles. The van der Waals surface area contributed by atoms with Crippen molar-refractivity contribution < 1.29 is 28.6 Å². The second kappa shape index (κ2) is 9.07. The Labute approximate surface area is 206 Å². The van der Waals surface area contributed by atoms with Crippen LogP contribution in [0.4, 0.5) is 0 Å². The van der Waals surface area contributed by atoms with Crippen molar-refractivity contribution in [3.05, 3.63) is 66.1 Å². The fraction of sp³-hybridized carbons (Fsp3) is 0.296. The quantitative estimate of drug-likeness (QED) is 0.389. The van der Waals surface area contributed by atoms with Gasteiger partial charge in [-0.3, -0.25) is 4.79 Å². The molecule has 1 aliphatic carbocycles. The van der Waals surface area contributed by atoms with Gasteiger partial charge in [0, 0.05) is 11.6 Å². The molecule has 184 valence electrons. The SMILES string of the molecule is O=C(NC(C(=O)O)c1ccc2c(c1)OCO2)c1ccc2c(c1)nc(-c1ccoc1)n2C1CCCCC1. The first kappa shape index (κ1) is 22.2. The van der Waals surface area contributed by atoms with Crippen molar-refractivity contribution in [2.24, 2.45) is 0 Å². The number of imidazole rings is 1. The fourth-order valence-electron chi connectivity index (χ4n) is 5.14. The topological polar surface area (TPSA) is 116 Å². The van der Waals surface area contributed by atoms with Gasteiger partial charge in [-0.05, 0) is 54.8 Å². The molecular formula is C27H25N3O6. The van der Waals surface area contributed by atoms with Crippen molar-refractivity contribution >= 4 is 22.9 Å². The largest absolute Gasteiger partial charge is 0.479 e. The van der Waals surface area contributed by atoms with E-state index >= 15 is 0 Å². The van der Waals surface area contributed by atoms with Crippen LogP contribution in [-0.2, 0) is 4.79 Å². The van der Waals surface area contributed by atoms with E-state index in [-0.39, 0.29) is 6.79 Å². The zero-order valence-corrected chi connectivity index (χ0v) is 19.5. The minimum Gasteiger partial charge on any atom is -0.479 e. The third-order valence-corrected chi connectivity index (χ3v) is 6.92. The van der Waals surface area contributed by atoms with Gasteiger partial charge in [-0.2, -0.15) is 0 Å². The summed E-state index contributed by atoms with van der Waals surface area (Å²) in [7, 11) is 0. The molecule has 4 aromatic rings. The Morgan fingerprint density at radius 2 is 1.86 bits per heavy atom. The summed E-state index contributed by atoms with van der Waals surface area (Å²) in [4.78, 5) is 30.0. The number of rotatable bonds is 6. The smallest absolute Gasteiger partial charge is 0.330 e. The van der Waals surface area contributed by atoms with Gasteiger partial charge in [0.25, 0.3) is 5.91 Å². The number of furan rings is 1. The molecule has 1 aliphatic heterocycles. The highest BCUT2D eigenvalue weighted by Crippen LogP contribution is 2.37. The van der Waals surface area contributed by atoms with E-state index in [0.717, 1.165) is 29.7 Å². The molecule has 2 aliphatic rings. The lowest BCUT2D eigenvalue weighted by Gasteiger charge is -2.25. The number of carbonyl (C=O) groups excluding carboxylic acids is 1. The maximum Gasteiger partial charge on any atom is 0.330 e. The van der Waals surface area contributed by atoms with Gasteiger partial charge in [-0.25, -0.2) is 9.78 Å². The van der Waals surface area contributed by atoms with Crippen LogP contribution in [0.3, 0.4) is 0 Å². The summed E-state index contributed by atoms with van der Waals surface area (Å²) in [6.07, 6.45) is 9.04. The molecule has 0 radical (unpaired) electrons. The summed E-state index contributed by atoms with van der Waals surface area (Å²) in [5, 5.41) is 12.5. The molecule has 2 aromatic carbocycles. The van der Waals surface area contributed by atoms with Gasteiger partial charge in [-0.1, -0.05) is 25.3 Å². The first-order valence-corrected chi connectivity index (χ1v) is 12.1. The van der Waals surface area contributed by atoms with Crippen molar-refractivity contribution in [3.8, 4) is 22.9 Å². The van der Waals surface area contributed by atoms with Crippen molar-refractivity contribution in [2.45, 2.75) is 44.2 Å². The van der Waals surface area contributed by atoms with E-state index < -0.39 is 17.9 Å². The van der Waals surface area contributed by atoms with Gasteiger partial charge in [0.05, 0.1) is 22.9 Å². The lowest BCUT2D eigenvalue weighted by molar-refractivity contribution is -0.139. The lowest BCUT2D eigenvalue weighted by Crippen LogP contribution is -2.33. The average Bonchev–Trinajstić information content (AvgIpc) is 3.66. The Kier molecular flexibility index (Phi) is 5.59. The summed E-state index contributed by atoms with van der Waals surface area (Å²) in [5.41, 5.74) is 3.24. The number of carboxylic acid groups (broad SMARTS) is 1. The number of aliphatic carboxylic acids is 1. The van der Waals surface area contributed by atoms with E-state index in [0.29, 0.717) is 34.2 Å². The van der Waals surface area contributed by atoms with E-state index in [1.807, 2.05) is 12.1 Å². The fourth-order valence-corrected chi connectivity index (χ4v) is 5.14. The second-order valence-electron chi connectivity index (χ2n) is 9.17. The molecule has 9 heteroatoms. The van der Waals surface area contributed by atoms with Crippen LogP contribution in [0.5, 0.6) is 11.5 Å². The van der Waals surface area contributed by atoms with Crippen LogP contribution < -0.4 is 14.8 Å². The van der Waals surface area contributed by atoms with Gasteiger partial charge in [0.1, 0.15) is 12.1 Å². The number of benzene rings is 2. The maximum atomic E-state index is 13.2. The Balaban J connectivity index is 1.33. The predicted octanol–water partition coefficient (Wildman–Crippen LogP) is 5.09. The average molecular weight is 488 g/mol. The van der Waals surface area contributed by atoms with Gasteiger partial charge >= 0.3 is 5.97 Å². The number of aromatic nitrogens is 2. The van der Waals surface area contributed by atoms with Crippen LogP contribution in [0.15, 0.2) is 59.4 Å². The summed E-state index contributed by atoms with van der Waals surface area (Å²) < 4.78 is 18.2. The molecule has 0 saturated heterocycles. The van der Waals surface area contributed by atoms with Crippen molar-refractivity contribution in [2.75, 3.05) is 6.79 Å². The first-order chi connectivity index (χ1) is 17.6. The molecule has 1 unspecified atom stereocenters. The Morgan fingerprint density at radius 1 is 1.03 bits per heavy atom. The lowest BCUT2D eigenvalue weighted by atomic mass is 9.95. The number of carboxylic acids is 1. The van der Waals surface area contributed by atoms with Crippen molar-refractivity contribution in [1.29, 1.82) is 0 Å². The Morgan fingerprint density at radius 3 is 2.64 bits per heavy atom. The Hall–Kier alpha value is -4.27. The first-order valence-electron chi connectivity index (χ1n) is 12.1. The molecule has 1 fully saturated rings. The molecule has 6 rings (SSSR count). The van der Waals surface area contributed by atoms with Crippen LogP contribution >= 0.6 is 0 Å². The van der Waals surface area contributed by atoms with E-state index in [9.17, 15) is 14.7 Å². The van der Waals surface area contributed by atoms with Gasteiger partial charge in [-0.15, -0.1) is 0 Å². The molecular weight excluding hydrogens is 462 g/mol. The van der Waals surface area contributed by atoms with E-state index in [1.54, 1.807) is 42.9 Å². The van der Waals surface area contributed by atoms with Crippen LogP contribution in [0.25, 0.3) is 22.4 Å². The van der Waals surface area contributed by atoms with Crippen LogP contribution in [0.1, 0.15) is 60.1 Å². The molecule has 0 bridgehead atoms. The standard InChI is InChI=1S/C27H25N3O6/c31-26(29-24(27(32)33)16-7-9-22-23(13-16)36-15-35-22)17-6-8-21-20(12-17)28-25(18-10-11-34-14-18)30(21)19-4-2-1-3-5-19/h6-14,19,24H,1-5,15H2,(H,29,31)(H,32,33). The minimum atomic E-state index is -1.25. The highest BCUT2D eigenvalue weighted by Gasteiger charge is 2.27. The van der Waals surface area contributed by atoms with Crippen LogP contribution in [0, 0.1) is 0 Å². The summed E-state index contributed by atoms with van der Waals surface area (Å²) in [6.45, 7) is 0.0806. The molecule has 2 N–H and O–H groups in total. The van der Waals surface area contributed by atoms with E-state index in [2.05, 4.69) is 9.88 Å². The predicted molar refractivity (Wildman–Crippen MR) is 130 cm³/mol. The van der Waals surface area contributed by atoms with Crippen molar-refractivity contribution in [1.82, 2.24) is 14.9 Å². The summed E-state index contributed by atoms with van der Waals surface area (Å²) >= 11 is 0. The molecule has 1 atom stereocenters. The van der Waals surface area contributed by atoms with Crippen molar-refractivity contribution in [3.63, 3.8) is 0 Å². The number of fused-ring (bicyclic) bond motifs is 2. The zero-order valence-electron chi connectivity index (χ0n) is 19.5. The monoisotopic (exact) mass is 487 g/mol. The molecule has 1 amide bonds. The highest BCUT2D eigenvalue weighted by molar-refractivity contribution is 5.99. The molecule has 2 aromatic heterocycles. The van der Waals surface area contributed by atoms with E-state index in [4.69, 9.17) is 18.9 Å². The normalized spacial score (nSPS) is 16.2. The third-order valence-electron chi connectivity index (χ3n) is 6.92. The number of nitrogens with zero attached hydrogens (tertiary/aromatic N) is 2. The maximum absolute atomic E-state index is 13.2. The number of nitrogens with one attached hydrogen (secondary N) is 1. The molecule has 9 nitrogen and oxygen atoms in total. The molecule has 1 saturated carbocycles. The van der Waals surface area contributed by atoms with Gasteiger partial charge < -0.3 is 28.9 Å².